The van der Waals surface area contributed by atoms with Gasteiger partial charge in [0.2, 0.25) is 0 Å². The van der Waals surface area contributed by atoms with Crippen LogP contribution in [0.1, 0.15) is 23.2 Å². The first-order chi connectivity index (χ1) is 14.4. The lowest BCUT2D eigenvalue weighted by atomic mass is 10.0. The number of carbonyl (C=O) groups is 2. The van der Waals surface area contributed by atoms with Crippen LogP contribution in [-0.2, 0) is 4.79 Å². The van der Waals surface area contributed by atoms with Gasteiger partial charge < -0.3 is 20.1 Å². The van der Waals surface area contributed by atoms with Gasteiger partial charge in [0.1, 0.15) is 11.1 Å². The highest BCUT2D eigenvalue weighted by Crippen LogP contribution is 2.37. The molecular formula is C22H22N4O4. The highest BCUT2D eigenvalue weighted by molar-refractivity contribution is 5.95. The van der Waals surface area contributed by atoms with E-state index in [0.717, 1.165) is 21.4 Å². The van der Waals surface area contributed by atoms with E-state index >= 15 is 0 Å². The zero-order valence-corrected chi connectivity index (χ0v) is 16.4. The third-order valence-corrected chi connectivity index (χ3v) is 5.99. The van der Waals surface area contributed by atoms with Gasteiger partial charge in [0.05, 0.1) is 6.20 Å². The minimum Gasteiger partial charge on any atom is -0.411 e. The van der Waals surface area contributed by atoms with Crippen LogP contribution in [-0.4, -0.2) is 73.7 Å². The molecule has 8 nitrogen and oxygen atoms in total. The molecular weight excluding hydrogens is 384 g/mol. The van der Waals surface area contributed by atoms with Gasteiger partial charge in [-0.1, -0.05) is 24.3 Å². The van der Waals surface area contributed by atoms with E-state index in [4.69, 9.17) is 0 Å². The molecule has 0 atom stereocenters. The number of piperazine rings is 1. The summed E-state index contributed by atoms with van der Waals surface area (Å²) >= 11 is 0. The Balaban J connectivity index is 1.26. The van der Waals surface area contributed by atoms with Crippen LogP contribution in [0.15, 0.2) is 48.7 Å². The van der Waals surface area contributed by atoms with Crippen molar-refractivity contribution in [1.82, 2.24) is 19.7 Å². The standard InChI is InChI=1S/C22H22N4O4/c27-20(24-9-11-25(12-10-24)21(28)22(29)7-8-22)16-3-1-15(2-4-16)17-5-6-18-14-23-26(30)19(18)13-17/h1-6,13-14,29-30H,7-12H2. The molecule has 2 heterocycles. The summed E-state index contributed by atoms with van der Waals surface area (Å²) in [6, 6.07) is 13.0. The van der Waals surface area contributed by atoms with Crippen molar-refractivity contribution in [2.24, 2.45) is 0 Å². The highest BCUT2D eigenvalue weighted by atomic mass is 16.5. The van der Waals surface area contributed by atoms with E-state index in [1.54, 1.807) is 28.1 Å². The van der Waals surface area contributed by atoms with Crippen LogP contribution in [0.5, 0.6) is 0 Å². The molecule has 0 bridgehead atoms. The molecule has 1 saturated carbocycles. The van der Waals surface area contributed by atoms with Crippen LogP contribution in [0.4, 0.5) is 0 Å². The molecule has 2 N–H and O–H groups in total. The average molecular weight is 406 g/mol. The van der Waals surface area contributed by atoms with Crippen molar-refractivity contribution in [3.8, 4) is 11.1 Å². The number of benzene rings is 2. The number of aliphatic hydroxyl groups is 1. The quantitative estimate of drug-likeness (QED) is 0.646. The molecule has 154 valence electrons. The van der Waals surface area contributed by atoms with Gasteiger partial charge in [-0.05, 0) is 42.2 Å². The van der Waals surface area contributed by atoms with Crippen LogP contribution in [0.2, 0.25) is 0 Å². The van der Waals surface area contributed by atoms with Gasteiger partial charge in [0.15, 0.2) is 0 Å². The molecule has 0 spiro atoms. The van der Waals surface area contributed by atoms with Crippen LogP contribution in [0.3, 0.4) is 0 Å². The number of nitrogens with zero attached hydrogens (tertiary/aromatic N) is 4. The van der Waals surface area contributed by atoms with Gasteiger partial charge in [0.25, 0.3) is 11.8 Å². The van der Waals surface area contributed by atoms with Gasteiger partial charge in [-0.25, -0.2) is 0 Å². The number of aromatic nitrogens is 2. The largest absolute Gasteiger partial charge is 0.411 e. The molecule has 2 fully saturated rings. The molecule has 30 heavy (non-hydrogen) atoms. The van der Waals surface area contributed by atoms with Gasteiger partial charge in [-0.15, -0.1) is 9.94 Å². The van der Waals surface area contributed by atoms with E-state index in [1.807, 2.05) is 30.3 Å². The molecule has 0 radical (unpaired) electrons. The van der Waals surface area contributed by atoms with Crippen molar-refractivity contribution < 1.29 is 19.9 Å². The maximum absolute atomic E-state index is 12.8. The first-order valence-corrected chi connectivity index (χ1v) is 10.0. The van der Waals surface area contributed by atoms with Gasteiger partial charge in [-0.3, -0.25) is 9.59 Å². The smallest absolute Gasteiger partial charge is 0.254 e. The molecule has 1 aromatic heterocycles. The summed E-state index contributed by atoms with van der Waals surface area (Å²) in [5.41, 5.74) is 1.91. The Labute approximate surface area is 172 Å². The Morgan fingerprint density at radius 2 is 1.53 bits per heavy atom. The van der Waals surface area contributed by atoms with Crippen molar-refractivity contribution in [2.45, 2.75) is 18.4 Å². The second-order valence-corrected chi connectivity index (χ2v) is 8.00. The van der Waals surface area contributed by atoms with Gasteiger partial charge in [-0.2, -0.15) is 0 Å². The third-order valence-electron chi connectivity index (χ3n) is 5.99. The van der Waals surface area contributed by atoms with Gasteiger partial charge in [0, 0.05) is 37.1 Å². The molecule has 2 amide bonds. The molecule has 0 unspecified atom stereocenters. The van der Waals surface area contributed by atoms with Crippen LogP contribution >= 0.6 is 0 Å². The zero-order valence-electron chi connectivity index (χ0n) is 16.4. The number of amides is 2. The first-order valence-electron chi connectivity index (χ1n) is 10.0. The lowest BCUT2D eigenvalue weighted by Crippen LogP contribution is -2.53. The number of hydrogen-bond acceptors (Lipinski definition) is 5. The normalized spacial score (nSPS) is 17.9. The first kappa shape index (κ1) is 18.6. The van der Waals surface area contributed by atoms with Crippen molar-refractivity contribution in [1.29, 1.82) is 0 Å². The second kappa shape index (κ2) is 6.84. The second-order valence-electron chi connectivity index (χ2n) is 8.00. The number of carbonyl (C=O) groups excluding carboxylic acids is 2. The van der Waals surface area contributed by atoms with E-state index in [2.05, 4.69) is 5.10 Å². The fourth-order valence-electron chi connectivity index (χ4n) is 3.91. The third kappa shape index (κ3) is 3.19. The van der Waals surface area contributed by atoms with E-state index in [-0.39, 0.29) is 11.8 Å². The number of fused-ring (bicyclic) bond motifs is 1. The number of hydrogen-bond donors (Lipinski definition) is 2. The maximum atomic E-state index is 12.8. The van der Waals surface area contributed by atoms with Crippen molar-refractivity contribution in [3.05, 3.63) is 54.2 Å². The Kier molecular flexibility index (Phi) is 4.25. The molecule has 1 aliphatic carbocycles. The predicted molar refractivity (Wildman–Crippen MR) is 109 cm³/mol. The Bertz CT molecular complexity index is 1130. The summed E-state index contributed by atoms with van der Waals surface area (Å²) < 4.78 is 0. The average Bonchev–Trinajstić information content (AvgIpc) is 3.44. The van der Waals surface area contributed by atoms with Crippen molar-refractivity contribution in [2.75, 3.05) is 26.2 Å². The summed E-state index contributed by atoms with van der Waals surface area (Å²) in [5.74, 6) is -0.275. The predicted octanol–water partition coefficient (Wildman–Crippen LogP) is 1.75. The number of rotatable bonds is 3. The SMILES string of the molecule is O=C(c1ccc(-c2ccc3cnn(O)c3c2)cc1)N1CCN(C(=O)C2(O)CC2)CC1. The van der Waals surface area contributed by atoms with Crippen LogP contribution < -0.4 is 0 Å². The lowest BCUT2D eigenvalue weighted by molar-refractivity contribution is -0.143. The summed E-state index contributed by atoms with van der Waals surface area (Å²) in [5, 5.41) is 24.4. The highest BCUT2D eigenvalue weighted by Gasteiger charge is 2.50. The fourth-order valence-corrected chi connectivity index (χ4v) is 3.91. The molecule has 1 aliphatic heterocycles. The Hall–Kier alpha value is -3.39. The van der Waals surface area contributed by atoms with Crippen LogP contribution in [0.25, 0.3) is 22.0 Å². The van der Waals surface area contributed by atoms with E-state index in [9.17, 15) is 19.9 Å². The van der Waals surface area contributed by atoms with E-state index in [1.165, 1.54) is 0 Å². The topological polar surface area (TPSA) is 98.9 Å². The molecule has 2 aliphatic rings. The summed E-state index contributed by atoms with van der Waals surface area (Å²) in [4.78, 5) is 29.3. The summed E-state index contributed by atoms with van der Waals surface area (Å²) in [7, 11) is 0. The van der Waals surface area contributed by atoms with Crippen LogP contribution in [0, 0.1) is 0 Å². The molecule has 5 rings (SSSR count). The molecule has 2 aromatic carbocycles. The minimum absolute atomic E-state index is 0.0670. The van der Waals surface area contributed by atoms with Crippen molar-refractivity contribution >= 4 is 22.7 Å². The van der Waals surface area contributed by atoms with Crippen molar-refractivity contribution in [3.63, 3.8) is 0 Å². The van der Waals surface area contributed by atoms with E-state index in [0.29, 0.717) is 50.1 Å². The Morgan fingerprint density at radius 1 is 0.900 bits per heavy atom. The van der Waals surface area contributed by atoms with E-state index < -0.39 is 5.60 Å². The summed E-state index contributed by atoms with van der Waals surface area (Å²) in [6.07, 6.45) is 2.66. The fraction of sp³-hybridized carbons (Fsp3) is 0.318. The molecule has 3 aromatic rings. The monoisotopic (exact) mass is 406 g/mol. The summed E-state index contributed by atoms with van der Waals surface area (Å²) in [6.45, 7) is 1.80. The van der Waals surface area contributed by atoms with Gasteiger partial charge >= 0.3 is 0 Å². The maximum Gasteiger partial charge on any atom is 0.254 e. The zero-order chi connectivity index (χ0) is 20.9. The molecule has 1 saturated heterocycles. The Morgan fingerprint density at radius 3 is 2.20 bits per heavy atom. The minimum atomic E-state index is -1.15. The molecule has 8 heteroatoms. The lowest BCUT2D eigenvalue weighted by Gasteiger charge is -2.35.